The van der Waals surface area contributed by atoms with Crippen molar-refractivity contribution in [3.05, 3.63) is 23.8 Å². The first-order valence-corrected chi connectivity index (χ1v) is 5.38. The molecule has 1 nitrogen and oxygen atoms in total. The SMILES string of the molecule is CC.CC(C)NCC1=CCCC=C1. The molecule has 0 aromatic carbocycles. The number of hydrogen-bond donors (Lipinski definition) is 1. The predicted molar refractivity (Wildman–Crippen MR) is 60.9 cm³/mol. The highest BCUT2D eigenvalue weighted by molar-refractivity contribution is 5.23. The van der Waals surface area contributed by atoms with Crippen LogP contribution in [0.4, 0.5) is 0 Å². The minimum atomic E-state index is 0.589. The minimum Gasteiger partial charge on any atom is -0.310 e. The summed E-state index contributed by atoms with van der Waals surface area (Å²) in [5.41, 5.74) is 1.44. The van der Waals surface area contributed by atoms with Gasteiger partial charge >= 0.3 is 0 Å². The van der Waals surface area contributed by atoms with Crippen molar-refractivity contribution < 1.29 is 0 Å². The van der Waals surface area contributed by atoms with Crippen LogP contribution in [0.5, 0.6) is 0 Å². The average molecular weight is 181 g/mol. The molecule has 0 aliphatic heterocycles. The van der Waals surface area contributed by atoms with E-state index in [1.165, 1.54) is 18.4 Å². The van der Waals surface area contributed by atoms with E-state index in [0.717, 1.165) is 6.54 Å². The molecule has 0 heterocycles. The Morgan fingerprint density at radius 1 is 1.31 bits per heavy atom. The lowest BCUT2D eigenvalue weighted by atomic mass is 10.1. The van der Waals surface area contributed by atoms with Crippen LogP contribution >= 0.6 is 0 Å². The van der Waals surface area contributed by atoms with Crippen LogP contribution in [-0.2, 0) is 0 Å². The molecule has 0 aromatic heterocycles. The smallest absolute Gasteiger partial charge is 0.0204 e. The van der Waals surface area contributed by atoms with Gasteiger partial charge in [0.2, 0.25) is 0 Å². The van der Waals surface area contributed by atoms with E-state index in [1.807, 2.05) is 13.8 Å². The first-order valence-electron chi connectivity index (χ1n) is 5.38. The van der Waals surface area contributed by atoms with Crippen LogP contribution in [0.1, 0.15) is 40.5 Å². The summed E-state index contributed by atoms with van der Waals surface area (Å²) in [7, 11) is 0. The second kappa shape index (κ2) is 8.06. The van der Waals surface area contributed by atoms with Gasteiger partial charge in [-0.1, -0.05) is 45.9 Å². The van der Waals surface area contributed by atoms with Gasteiger partial charge in [0.25, 0.3) is 0 Å². The summed E-state index contributed by atoms with van der Waals surface area (Å²) in [6.45, 7) is 9.37. The normalized spacial score (nSPS) is 15.0. The number of rotatable bonds is 3. The Balaban J connectivity index is 0.000000671. The van der Waals surface area contributed by atoms with Crippen molar-refractivity contribution in [2.75, 3.05) is 6.54 Å². The monoisotopic (exact) mass is 181 g/mol. The molecule has 0 atom stereocenters. The zero-order valence-corrected chi connectivity index (χ0v) is 9.43. The fourth-order valence-electron chi connectivity index (χ4n) is 1.12. The first-order chi connectivity index (χ1) is 6.29. The lowest BCUT2D eigenvalue weighted by Crippen LogP contribution is -2.24. The van der Waals surface area contributed by atoms with Crippen LogP contribution in [-0.4, -0.2) is 12.6 Å². The van der Waals surface area contributed by atoms with E-state index in [4.69, 9.17) is 0 Å². The van der Waals surface area contributed by atoms with Crippen molar-refractivity contribution in [1.82, 2.24) is 5.32 Å². The van der Waals surface area contributed by atoms with Gasteiger partial charge in [-0.05, 0) is 18.4 Å². The third-order valence-corrected chi connectivity index (χ3v) is 1.79. The summed E-state index contributed by atoms with van der Waals surface area (Å²) in [4.78, 5) is 0. The summed E-state index contributed by atoms with van der Waals surface area (Å²) in [6, 6.07) is 0.589. The molecule has 1 N–H and O–H groups in total. The van der Waals surface area contributed by atoms with Crippen LogP contribution in [0.15, 0.2) is 23.8 Å². The summed E-state index contributed by atoms with van der Waals surface area (Å²) in [6.07, 6.45) is 9.21. The van der Waals surface area contributed by atoms with Crippen molar-refractivity contribution in [2.45, 2.75) is 46.6 Å². The highest BCUT2D eigenvalue weighted by Crippen LogP contribution is 2.08. The van der Waals surface area contributed by atoms with E-state index < -0.39 is 0 Å². The van der Waals surface area contributed by atoms with Gasteiger partial charge in [0.05, 0.1) is 0 Å². The van der Waals surface area contributed by atoms with E-state index in [-0.39, 0.29) is 0 Å². The first kappa shape index (κ1) is 12.4. The van der Waals surface area contributed by atoms with E-state index in [9.17, 15) is 0 Å². The van der Waals surface area contributed by atoms with Gasteiger partial charge in [-0.2, -0.15) is 0 Å². The predicted octanol–water partition coefficient (Wildman–Crippen LogP) is 3.29. The quantitative estimate of drug-likeness (QED) is 0.704. The molecular formula is C12H23N. The Labute approximate surface area is 82.9 Å². The number of allylic oxidation sites excluding steroid dienone is 2. The third kappa shape index (κ3) is 6.59. The van der Waals surface area contributed by atoms with E-state index in [2.05, 4.69) is 37.4 Å². The topological polar surface area (TPSA) is 12.0 Å². The van der Waals surface area contributed by atoms with Gasteiger partial charge in [-0.25, -0.2) is 0 Å². The summed E-state index contributed by atoms with van der Waals surface area (Å²) in [5, 5.41) is 3.40. The molecular weight excluding hydrogens is 158 g/mol. The number of hydrogen-bond acceptors (Lipinski definition) is 1. The van der Waals surface area contributed by atoms with Crippen LogP contribution in [0.3, 0.4) is 0 Å². The maximum absolute atomic E-state index is 3.40. The highest BCUT2D eigenvalue weighted by Gasteiger charge is 1.97. The molecule has 0 unspecified atom stereocenters. The number of nitrogens with one attached hydrogen (secondary N) is 1. The molecule has 1 aliphatic carbocycles. The van der Waals surface area contributed by atoms with Crippen LogP contribution < -0.4 is 5.32 Å². The molecule has 0 fully saturated rings. The minimum absolute atomic E-state index is 0.589. The molecule has 0 bridgehead atoms. The van der Waals surface area contributed by atoms with Crippen LogP contribution in [0.25, 0.3) is 0 Å². The molecule has 1 rings (SSSR count). The average Bonchev–Trinajstić information content (AvgIpc) is 2.19. The second-order valence-electron chi connectivity index (χ2n) is 3.29. The lowest BCUT2D eigenvalue weighted by Gasteiger charge is -2.10. The Hall–Kier alpha value is -0.560. The van der Waals surface area contributed by atoms with Gasteiger partial charge in [0, 0.05) is 12.6 Å². The van der Waals surface area contributed by atoms with Crippen molar-refractivity contribution in [2.24, 2.45) is 0 Å². The second-order valence-corrected chi connectivity index (χ2v) is 3.29. The van der Waals surface area contributed by atoms with E-state index in [1.54, 1.807) is 0 Å². The largest absolute Gasteiger partial charge is 0.310 e. The maximum Gasteiger partial charge on any atom is 0.0204 e. The van der Waals surface area contributed by atoms with Gasteiger partial charge in [-0.3, -0.25) is 0 Å². The molecule has 0 spiro atoms. The van der Waals surface area contributed by atoms with Gasteiger partial charge in [-0.15, -0.1) is 0 Å². The molecule has 0 saturated carbocycles. The Morgan fingerprint density at radius 3 is 2.46 bits per heavy atom. The summed E-state index contributed by atoms with van der Waals surface area (Å²) < 4.78 is 0. The third-order valence-electron chi connectivity index (χ3n) is 1.79. The lowest BCUT2D eigenvalue weighted by molar-refractivity contribution is 0.623. The Morgan fingerprint density at radius 2 is 2.00 bits per heavy atom. The zero-order valence-electron chi connectivity index (χ0n) is 9.43. The molecule has 13 heavy (non-hydrogen) atoms. The molecule has 1 aliphatic rings. The molecule has 0 aromatic rings. The van der Waals surface area contributed by atoms with E-state index >= 15 is 0 Å². The molecule has 0 amide bonds. The molecule has 0 saturated heterocycles. The van der Waals surface area contributed by atoms with Crippen LogP contribution in [0, 0.1) is 0 Å². The highest BCUT2D eigenvalue weighted by atomic mass is 14.9. The standard InChI is InChI=1S/C10H17N.C2H6/c1-9(2)11-8-10-6-4-3-5-7-10;1-2/h4,6-7,9,11H,3,5,8H2,1-2H3;1-2H3. The zero-order chi connectivity index (χ0) is 10.1. The van der Waals surface area contributed by atoms with Gasteiger partial charge in [0.1, 0.15) is 0 Å². The molecule has 0 radical (unpaired) electrons. The maximum atomic E-state index is 3.40. The van der Waals surface area contributed by atoms with Crippen molar-refractivity contribution in [3.63, 3.8) is 0 Å². The van der Waals surface area contributed by atoms with Gasteiger partial charge < -0.3 is 5.32 Å². The Bertz CT molecular complexity index is 166. The molecule has 1 heteroatoms. The van der Waals surface area contributed by atoms with Crippen molar-refractivity contribution >= 4 is 0 Å². The Kier molecular flexibility index (Phi) is 7.71. The summed E-state index contributed by atoms with van der Waals surface area (Å²) in [5.74, 6) is 0. The van der Waals surface area contributed by atoms with Crippen LogP contribution in [0.2, 0.25) is 0 Å². The van der Waals surface area contributed by atoms with E-state index in [0.29, 0.717) is 6.04 Å². The fourth-order valence-corrected chi connectivity index (χ4v) is 1.12. The molecule has 76 valence electrons. The van der Waals surface area contributed by atoms with Crippen molar-refractivity contribution in [1.29, 1.82) is 0 Å². The summed E-state index contributed by atoms with van der Waals surface area (Å²) >= 11 is 0. The van der Waals surface area contributed by atoms with Gasteiger partial charge in [0.15, 0.2) is 0 Å². The fraction of sp³-hybridized carbons (Fsp3) is 0.667. The van der Waals surface area contributed by atoms with Crippen molar-refractivity contribution in [3.8, 4) is 0 Å².